The third kappa shape index (κ3) is 2.76. The van der Waals surface area contributed by atoms with E-state index in [4.69, 9.17) is 9.88 Å². The van der Waals surface area contributed by atoms with Crippen LogP contribution >= 0.6 is 0 Å². The van der Waals surface area contributed by atoms with Crippen LogP contribution < -0.4 is 10.0 Å². The Labute approximate surface area is 124 Å². The highest BCUT2D eigenvalue weighted by molar-refractivity contribution is 7.89. The molecule has 21 heavy (non-hydrogen) atoms. The molecule has 0 aromatic carbocycles. The number of piperazine rings is 1. The van der Waals surface area contributed by atoms with Gasteiger partial charge in [0.05, 0.1) is 12.1 Å². The molecule has 1 aromatic rings. The molecule has 3 rings (SSSR count). The lowest BCUT2D eigenvalue weighted by Gasteiger charge is -2.46. The van der Waals surface area contributed by atoms with E-state index in [-0.39, 0.29) is 10.4 Å². The second-order valence-corrected chi connectivity index (χ2v) is 7.33. The van der Waals surface area contributed by atoms with Gasteiger partial charge >= 0.3 is 0 Å². The lowest BCUT2D eigenvalue weighted by molar-refractivity contribution is 0.0775. The van der Waals surface area contributed by atoms with Crippen molar-refractivity contribution in [2.45, 2.75) is 16.9 Å². The van der Waals surface area contributed by atoms with Gasteiger partial charge in [-0.2, -0.15) is 0 Å². The fraction of sp³-hybridized carbons (Fsp3) is 0.615. The van der Waals surface area contributed by atoms with Gasteiger partial charge in [0.25, 0.3) is 0 Å². The Kier molecular flexibility index (Phi) is 3.64. The predicted molar refractivity (Wildman–Crippen MR) is 78.6 cm³/mol. The van der Waals surface area contributed by atoms with Crippen LogP contribution in [0.2, 0.25) is 0 Å². The van der Waals surface area contributed by atoms with Gasteiger partial charge in [-0.3, -0.25) is 4.90 Å². The Bertz CT molecular complexity index is 611. The number of likely N-dealkylation sites (N-methyl/N-ethyl adjacent to an activating group) is 1. The minimum Gasteiger partial charge on any atom is -0.379 e. The second kappa shape index (κ2) is 5.20. The zero-order chi connectivity index (χ0) is 15.1. The van der Waals surface area contributed by atoms with Crippen LogP contribution in [0.25, 0.3) is 0 Å². The van der Waals surface area contributed by atoms with Crippen LogP contribution in [0, 0.1) is 0 Å². The summed E-state index contributed by atoms with van der Waals surface area (Å²) in [5.74, 6) is 0.779. The first kappa shape index (κ1) is 14.7. The van der Waals surface area contributed by atoms with Crippen LogP contribution in [0.4, 0.5) is 5.82 Å². The van der Waals surface area contributed by atoms with E-state index < -0.39 is 10.0 Å². The number of pyridine rings is 1. The van der Waals surface area contributed by atoms with Crippen LogP contribution in [-0.4, -0.2) is 63.7 Å². The molecule has 7 nitrogen and oxygen atoms in total. The molecule has 0 amide bonds. The smallest absolute Gasteiger partial charge is 0.239 e. The Balaban J connectivity index is 1.81. The number of hydrogen-bond acceptors (Lipinski definition) is 6. The molecule has 8 heteroatoms. The van der Waals surface area contributed by atoms with E-state index in [1.807, 2.05) is 0 Å². The zero-order valence-electron chi connectivity index (χ0n) is 12.0. The van der Waals surface area contributed by atoms with Gasteiger partial charge in [0.15, 0.2) is 0 Å². The average Bonchev–Trinajstić information content (AvgIpc) is 2.91. The minimum absolute atomic E-state index is 0.0402. The van der Waals surface area contributed by atoms with Crippen molar-refractivity contribution in [3.8, 4) is 0 Å². The topological polar surface area (TPSA) is 88.8 Å². The summed E-state index contributed by atoms with van der Waals surface area (Å²) in [5, 5.41) is 5.09. The summed E-state index contributed by atoms with van der Waals surface area (Å²) in [5.41, 5.74) is 0.0402. The molecule has 1 spiro atoms. The quantitative estimate of drug-likeness (QED) is 0.802. The normalized spacial score (nSPS) is 27.4. The van der Waals surface area contributed by atoms with Crippen molar-refractivity contribution in [3.63, 3.8) is 0 Å². The van der Waals surface area contributed by atoms with Gasteiger partial charge in [0.1, 0.15) is 10.7 Å². The maximum absolute atomic E-state index is 11.3. The average molecular weight is 312 g/mol. The van der Waals surface area contributed by atoms with E-state index in [0.29, 0.717) is 0 Å². The summed E-state index contributed by atoms with van der Waals surface area (Å²) in [6.07, 6.45) is 2.33. The van der Waals surface area contributed by atoms with Crippen molar-refractivity contribution in [1.82, 2.24) is 9.88 Å². The lowest BCUT2D eigenvalue weighted by Crippen LogP contribution is -2.61. The van der Waals surface area contributed by atoms with E-state index in [0.717, 1.165) is 45.1 Å². The zero-order valence-corrected chi connectivity index (χ0v) is 12.8. The van der Waals surface area contributed by atoms with Crippen molar-refractivity contribution in [3.05, 3.63) is 18.3 Å². The number of nitrogens with two attached hydrogens (primary N) is 1. The Morgan fingerprint density at radius 3 is 2.76 bits per heavy atom. The first-order valence-corrected chi connectivity index (χ1v) is 8.48. The standard InChI is InChI=1S/C13H20N4O3S/c1-16-5-6-17(9-13(16)4-7-20-10-13)12-3-2-11(8-15-12)21(14,18)19/h2-3,8H,4-7,9-10H2,1H3,(H2,14,18,19). The lowest BCUT2D eigenvalue weighted by atomic mass is 9.93. The largest absolute Gasteiger partial charge is 0.379 e. The molecule has 1 unspecified atom stereocenters. The van der Waals surface area contributed by atoms with Crippen molar-refractivity contribution in [2.24, 2.45) is 5.14 Å². The van der Waals surface area contributed by atoms with Crippen molar-refractivity contribution in [1.29, 1.82) is 0 Å². The van der Waals surface area contributed by atoms with E-state index >= 15 is 0 Å². The van der Waals surface area contributed by atoms with E-state index in [2.05, 4.69) is 21.8 Å². The number of aromatic nitrogens is 1. The molecular formula is C13H20N4O3S. The SMILES string of the molecule is CN1CCN(c2ccc(S(N)(=O)=O)cn2)CC12CCOC2. The number of rotatable bonds is 2. The van der Waals surface area contributed by atoms with Crippen LogP contribution in [0.15, 0.2) is 23.2 Å². The summed E-state index contributed by atoms with van der Waals surface area (Å²) in [6, 6.07) is 3.22. The molecule has 116 valence electrons. The summed E-state index contributed by atoms with van der Waals surface area (Å²) in [7, 11) is -1.56. The van der Waals surface area contributed by atoms with Crippen LogP contribution in [0.5, 0.6) is 0 Å². The van der Waals surface area contributed by atoms with Crippen LogP contribution in [0.3, 0.4) is 0 Å². The fourth-order valence-corrected chi connectivity index (χ4v) is 3.47. The molecule has 2 aliphatic heterocycles. The highest BCUT2D eigenvalue weighted by Crippen LogP contribution is 2.30. The molecule has 3 heterocycles. The maximum atomic E-state index is 11.3. The summed E-state index contributed by atoms with van der Waals surface area (Å²) >= 11 is 0. The predicted octanol–water partition coefficient (Wildman–Crippen LogP) is -0.360. The van der Waals surface area contributed by atoms with E-state index in [1.54, 1.807) is 6.07 Å². The molecule has 0 bridgehead atoms. The number of primary sulfonamides is 1. The summed E-state index contributed by atoms with van der Waals surface area (Å²) < 4.78 is 28.1. The molecular weight excluding hydrogens is 292 g/mol. The fourth-order valence-electron chi connectivity index (χ4n) is 3.01. The highest BCUT2D eigenvalue weighted by atomic mass is 32.2. The van der Waals surface area contributed by atoms with Crippen molar-refractivity contribution < 1.29 is 13.2 Å². The van der Waals surface area contributed by atoms with E-state index in [9.17, 15) is 8.42 Å². The second-order valence-electron chi connectivity index (χ2n) is 5.77. The van der Waals surface area contributed by atoms with Gasteiger partial charge in [-0.05, 0) is 25.6 Å². The number of anilines is 1. The molecule has 1 atom stereocenters. The molecule has 2 N–H and O–H groups in total. The van der Waals surface area contributed by atoms with Crippen LogP contribution in [-0.2, 0) is 14.8 Å². The molecule has 0 radical (unpaired) electrons. The third-order valence-corrected chi connectivity index (χ3v) is 5.35. The monoisotopic (exact) mass is 312 g/mol. The molecule has 1 aromatic heterocycles. The molecule has 0 aliphatic carbocycles. The molecule has 2 saturated heterocycles. The van der Waals surface area contributed by atoms with Gasteiger partial charge in [-0.15, -0.1) is 0 Å². The number of hydrogen-bond donors (Lipinski definition) is 1. The van der Waals surface area contributed by atoms with Crippen LogP contribution in [0.1, 0.15) is 6.42 Å². The Morgan fingerprint density at radius 2 is 2.19 bits per heavy atom. The summed E-state index contributed by atoms with van der Waals surface area (Å²) in [6.45, 7) is 4.15. The van der Waals surface area contributed by atoms with Crippen molar-refractivity contribution in [2.75, 3.05) is 44.8 Å². The van der Waals surface area contributed by atoms with Gasteiger partial charge in [-0.1, -0.05) is 0 Å². The van der Waals surface area contributed by atoms with Crippen molar-refractivity contribution >= 4 is 15.8 Å². The van der Waals surface area contributed by atoms with E-state index in [1.165, 1.54) is 12.3 Å². The highest BCUT2D eigenvalue weighted by Gasteiger charge is 2.43. The molecule has 2 fully saturated rings. The Morgan fingerprint density at radius 1 is 1.38 bits per heavy atom. The van der Waals surface area contributed by atoms with Gasteiger partial charge in [0, 0.05) is 32.4 Å². The molecule has 0 saturated carbocycles. The minimum atomic E-state index is -3.69. The van der Waals surface area contributed by atoms with Gasteiger partial charge < -0.3 is 9.64 Å². The Hall–Kier alpha value is -1.22. The first-order chi connectivity index (χ1) is 9.91. The number of ether oxygens (including phenoxy) is 1. The maximum Gasteiger partial charge on any atom is 0.239 e. The van der Waals surface area contributed by atoms with Gasteiger partial charge in [0.2, 0.25) is 10.0 Å². The third-order valence-electron chi connectivity index (χ3n) is 4.46. The molecule has 2 aliphatic rings. The first-order valence-electron chi connectivity index (χ1n) is 6.94. The number of nitrogens with zero attached hydrogens (tertiary/aromatic N) is 3. The summed E-state index contributed by atoms with van der Waals surface area (Å²) in [4.78, 5) is 8.84. The van der Waals surface area contributed by atoms with Gasteiger partial charge in [-0.25, -0.2) is 18.5 Å². The number of sulfonamides is 1.